The van der Waals surface area contributed by atoms with Gasteiger partial charge in [0.05, 0.1) is 6.10 Å². The lowest BCUT2D eigenvalue weighted by Crippen LogP contribution is -2.49. The molecule has 2 saturated carbocycles. The van der Waals surface area contributed by atoms with Crippen molar-refractivity contribution in [3.05, 3.63) is 11.6 Å². The molecule has 3 nitrogen and oxygen atoms in total. The highest BCUT2D eigenvalue weighted by molar-refractivity contribution is 5.97. The molecule has 0 aromatic rings. The van der Waals surface area contributed by atoms with Gasteiger partial charge in [-0.3, -0.25) is 4.79 Å². The van der Waals surface area contributed by atoms with E-state index in [-0.39, 0.29) is 22.5 Å². The van der Waals surface area contributed by atoms with E-state index in [1.807, 2.05) is 0 Å². The van der Waals surface area contributed by atoms with E-state index in [4.69, 9.17) is 0 Å². The molecule has 18 heavy (non-hydrogen) atoms. The quantitative estimate of drug-likeness (QED) is 0.685. The molecule has 3 rings (SSSR count). The Labute approximate surface area is 108 Å². The van der Waals surface area contributed by atoms with Gasteiger partial charge >= 0.3 is 0 Å². The van der Waals surface area contributed by atoms with E-state index in [2.05, 4.69) is 27.7 Å². The van der Waals surface area contributed by atoms with Crippen molar-refractivity contribution in [3.63, 3.8) is 0 Å². The topological polar surface area (TPSA) is 57.5 Å². The fourth-order valence-electron chi connectivity index (χ4n) is 4.80. The van der Waals surface area contributed by atoms with Crippen LogP contribution in [0.15, 0.2) is 11.6 Å². The minimum atomic E-state index is -0.868. The average molecular weight is 250 g/mol. The summed E-state index contributed by atoms with van der Waals surface area (Å²) in [5.41, 5.74) is 0.659. The molecule has 100 valence electrons. The van der Waals surface area contributed by atoms with Crippen molar-refractivity contribution >= 4 is 5.78 Å². The second kappa shape index (κ2) is 3.26. The summed E-state index contributed by atoms with van der Waals surface area (Å²) in [6.45, 7) is 8.58. The molecule has 0 radical (unpaired) electrons. The minimum Gasteiger partial charge on any atom is -0.390 e. The molecule has 0 aromatic heterocycles. The van der Waals surface area contributed by atoms with Crippen molar-refractivity contribution in [1.29, 1.82) is 0 Å². The highest BCUT2D eigenvalue weighted by Crippen LogP contribution is 2.73. The normalized spacial score (nSPS) is 53.3. The van der Waals surface area contributed by atoms with Gasteiger partial charge in [0.1, 0.15) is 6.10 Å². The van der Waals surface area contributed by atoms with Gasteiger partial charge in [-0.1, -0.05) is 27.7 Å². The summed E-state index contributed by atoms with van der Waals surface area (Å²) in [6, 6.07) is 0. The van der Waals surface area contributed by atoms with Crippen LogP contribution in [-0.2, 0) is 4.79 Å². The molecule has 0 saturated heterocycles. The van der Waals surface area contributed by atoms with Crippen LogP contribution in [0.4, 0.5) is 0 Å². The lowest BCUT2D eigenvalue weighted by atomic mass is 9.58. The Hall–Kier alpha value is -0.670. The Bertz CT molecular complexity index is 451. The summed E-state index contributed by atoms with van der Waals surface area (Å²) in [7, 11) is 0. The Morgan fingerprint density at radius 1 is 1.28 bits per heavy atom. The summed E-state index contributed by atoms with van der Waals surface area (Å²) in [4.78, 5) is 12.1. The third-order valence-corrected chi connectivity index (χ3v) is 6.00. The first-order chi connectivity index (χ1) is 8.22. The van der Waals surface area contributed by atoms with Gasteiger partial charge in [0.2, 0.25) is 0 Å². The van der Waals surface area contributed by atoms with E-state index in [1.165, 1.54) is 0 Å². The molecule has 0 bridgehead atoms. The second-order valence-electron chi connectivity index (χ2n) is 7.21. The third kappa shape index (κ3) is 1.19. The number of carbonyl (C=O) groups excluding carboxylic acids is 1. The predicted molar refractivity (Wildman–Crippen MR) is 67.8 cm³/mol. The zero-order chi connectivity index (χ0) is 13.5. The van der Waals surface area contributed by atoms with E-state index < -0.39 is 12.2 Å². The van der Waals surface area contributed by atoms with Crippen LogP contribution in [0.25, 0.3) is 0 Å². The number of fused-ring (bicyclic) bond motifs is 3. The molecule has 0 unspecified atom stereocenters. The van der Waals surface area contributed by atoms with E-state index >= 15 is 0 Å². The first-order valence-corrected chi connectivity index (χ1v) is 6.84. The molecular weight excluding hydrogens is 228 g/mol. The molecule has 0 amide bonds. The van der Waals surface area contributed by atoms with Crippen LogP contribution in [0.1, 0.15) is 34.1 Å². The summed E-state index contributed by atoms with van der Waals surface area (Å²) < 4.78 is 0. The van der Waals surface area contributed by atoms with Gasteiger partial charge < -0.3 is 10.2 Å². The number of carbonyl (C=O) groups is 1. The van der Waals surface area contributed by atoms with Gasteiger partial charge in [0.25, 0.3) is 0 Å². The third-order valence-electron chi connectivity index (χ3n) is 6.00. The maximum atomic E-state index is 12.1. The summed E-state index contributed by atoms with van der Waals surface area (Å²) >= 11 is 0. The molecule has 6 atom stereocenters. The number of aliphatic hydroxyl groups excluding tert-OH is 2. The first kappa shape index (κ1) is 12.4. The SMILES string of the molecule is C[C@H]1C[C@@H](O)[C@@H](O)C2=CC(=O)[C@H]3[C@H](C3(C)C)[C@@]21C. The Morgan fingerprint density at radius 3 is 2.50 bits per heavy atom. The van der Waals surface area contributed by atoms with E-state index in [0.717, 1.165) is 5.57 Å². The van der Waals surface area contributed by atoms with Crippen LogP contribution < -0.4 is 0 Å². The smallest absolute Gasteiger partial charge is 0.159 e. The molecular formula is C15H22O3. The first-order valence-electron chi connectivity index (χ1n) is 6.84. The Kier molecular flexibility index (Phi) is 2.24. The van der Waals surface area contributed by atoms with Gasteiger partial charge in [0.15, 0.2) is 5.78 Å². The van der Waals surface area contributed by atoms with E-state index in [0.29, 0.717) is 18.3 Å². The van der Waals surface area contributed by atoms with Crippen molar-refractivity contribution in [3.8, 4) is 0 Å². The number of aliphatic hydroxyl groups is 2. The summed E-state index contributed by atoms with van der Waals surface area (Å²) in [6.07, 6.45) is 0.639. The Balaban J connectivity index is 2.12. The maximum Gasteiger partial charge on any atom is 0.159 e. The fourth-order valence-corrected chi connectivity index (χ4v) is 4.80. The van der Waals surface area contributed by atoms with Crippen molar-refractivity contribution in [2.75, 3.05) is 0 Å². The van der Waals surface area contributed by atoms with E-state index in [1.54, 1.807) is 6.08 Å². The monoisotopic (exact) mass is 250 g/mol. The average Bonchev–Trinajstić information content (AvgIpc) is 2.85. The van der Waals surface area contributed by atoms with Gasteiger partial charge in [-0.05, 0) is 40.7 Å². The lowest BCUT2D eigenvalue weighted by Gasteiger charge is -2.48. The number of hydrogen-bond acceptors (Lipinski definition) is 3. The second-order valence-corrected chi connectivity index (χ2v) is 7.21. The van der Waals surface area contributed by atoms with Crippen LogP contribution in [0.3, 0.4) is 0 Å². The molecule has 3 aliphatic carbocycles. The van der Waals surface area contributed by atoms with Crippen molar-refractivity contribution in [2.24, 2.45) is 28.6 Å². The molecule has 2 fully saturated rings. The van der Waals surface area contributed by atoms with E-state index in [9.17, 15) is 15.0 Å². The molecule has 0 aromatic carbocycles. The molecule has 0 spiro atoms. The van der Waals surface area contributed by atoms with Crippen molar-refractivity contribution in [2.45, 2.75) is 46.3 Å². The zero-order valence-electron chi connectivity index (χ0n) is 11.5. The van der Waals surface area contributed by atoms with Crippen molar-refractivity contribution < 1.29 is 15.0 Å². The molecule has 2 N–H and O–H groups in total. The Morgan fingerprint density at radius 2 is 1.89 bits per heavy atom. The highest BCUT2D eigenvalue weighted by Gasteiger charge is 2.72. The number of allylic oxidation sites excluding steroid dienone is 1. The number of rotatable bonds is 0. The van der Waals surface area contributed by atoms with Gasteiger partial charge in [-0.2, -0.15) is 0 Å². The largest absolute Gasteiger partial charge is 0.390 e. The molecule has 3 heteroatoms. The lowest BCUT2D eigenvalue weighted by molar-refractivity contribution is -0.118. The standard InChI is InChI=1S/C15H22O3/c1-7-5-10(17)12(18)8-6-9(16)11-13(14(11,2)3)15(7,8)4/h6-7,10-13,17-18H,5H2,1-4H3/t7-,10+,11-,12-,13+,15+/m0/s1. The fraction of sp³-hybridized carbons (Fsp3) is 0.800. The van der Waals surface area contributed by atoms with Crippen LogP contribution in [0, 0.1) is 28.6 Å². The zero-order valence-corrected chi connectivity index (χ0v) is 11.5. The van der Waals surface area contributed by atoms with Gasteiger partial charge in [0, 0.05) is 5.92 Å². The summed E-state index contributed by atoms with van der Waals surface area (Å²) in [5.74, 6) is 0.855. The maximum absolute atomic E-state index is 12.1. The van der Waals surface area contributed by atoms with Crippen LogP contribution in [-0.4, -0.2) is 28.2 Å². The van der Waals surface area contributed by atoms with Crippen LogP contribution >= 0.6 is 0 Å². The van der Waals surface area contributed by atoms with Gasteiger partial charge in [-0.25, -0.2) is 0 Å². The number of hydrogen-bond donors (Lipinski definition) is 2. The number of ketones is 1. The molecule has 0 aliphatic heterocycles. The predicted octanol–water partition coefficient (Wildman–Crippen LogP) is 1.54. The van der Waals surface area contributed by atoms with Crippen LogP contribution in [0.5, 0.6) is 0 Å². The molecule has 0 heterocycles. The highest BCUT2D eigenvalue weighted by atomic mass is 16.3. The van der Waals surface area contributed by atoms with Gasteiger partial charge in [-0.15, -0.1) is 0 Å². The van der Waals surface area contributed by atoms with Crippen LogP contribution in [0.2, 0.25) is 0 Å². The molecule has 3 aliphatic rings. The van der Waals surface area contributed by atoms with Crippen molar-refractivity contribution in [1.82, 2.24) is 0 Å². The summed E-state index contributed by atoms with van der Waals surface area (Å²) in [5, 5.41) is 20.1. The minimum absolute atomic E-state index is 0.0281.